The van der Waals surface area contributed by atoms with Gasteiger partial charge < -0.3 is 10.0 Å². The van der Waals surface area contributed by atoms with Gasteiger partial charge in [0.05, 0.1) is 11.3 Å². The highest BCUT2D eigenvalue weighted by atomic mass is 16.4. The fourth-order valence-electron chi connectivity index (χ4n) is 1.81. The largest absolute Gasteiger partial charge is 0.478 e. The molecule has 0 aliphatic carbocycles. The lowest BCUT2D eigenvalue weighted by molar-refractivity contribution is 0.0698. The van der Waals surface area contributed by atoms with E-state index in [9.17, 15) is 4.79 Å². The number of hydrogen-bond acceptors (Lipinski definition) is 4. The summed E-state index contributed by atoms with van der Waals surface area (Å²) in [5, 5.41) is 17.2. The number of anilines is 1. The number of nitrogens with zero attached hydrogens (tertiary/aromatic N) is 3. The van der Waals surface area contributed by atoms with E-state index in [0.29, 0.717) is 11.4 Å². The maximum absolute atomic E-state index is 11.1. The first-order chi connectivity index (χ1) is 10.1. The molecule has 2 aromatic carbocycles. The van der Waals surface area contributed by atoms with E-state index in [4.69, 9.17) is 5.11 Å². The van der Waals surface area contributed by atoms with Crippen molar-refractivity contribution in [1.29, 1.82) is 0 Å². The van der Waals surface area contributed by atoms with Crippen LogP contribution >= 0.6 is 0 Å². The van der Waals surface area contributed by atoms with Crippen LogP contribution < -0.4 is 4.90 Å². The van der Waals surface area contributed by atoms with Crippen LogP contribution in [0.15, 0.2) is 58.8 Å². The van der Waals surface area contributed by atoms with Gasteiger partial charge in [-0.15, -0.1) is 5.11 Å². The van der Waals surface area contributed by atoms with Gasteiger partial charge in [-0.25, -0.2) is 4.79 Å². The number of azo groups is 1. The van der Waals surface area contributed by atoms with E-state index in [2.05, 4.69) is 22.1 Å². The molecule has 0 aliphatic rings. The smallest absolute Gasteiger partial charge is 0.337 e. The van der Waals surface area contributed by atoms with Crippen molar-refractivity contribution in [2.45, 2.75) is 6.92 Å². The second-order valence-electron chi connectivity index (χ2n) is 4.55. The van der Waals surface area contributed by atoms with Crippen LogP contribution in [0.4, 0.5) is 17.1 Å². The van der Waals surface area contributed by atoms with Gasteiger partial charge in [-0.1, -0.05) is 12.1 Å². The zero-order valence-electron chi connectivity index (χ0n) is 12.0. The van der Waals surface area contributed by atoms with Gasteiger partial charge >= 0.3 is 5.97 Å². The zero-order valence-corrected chi connectivity index (χ0v) is 12.0. The lowest BCUT2D eigenvalue weighted by atomic mass is 10.2. The van der Waals surface area contributed by atoms with Crippen molar-refractivity contribution in [2.75, 3.05) is 18.5 Å². The Kier molecular flexibility index (Phi) is 4.66. The Bertz CT molecular complexity index is 651. The molecule has 21 heavy (non-hydrogen) atoms. The summed E-state index contributed by atoms with van der Waals surface area (Å²) in [6, 6.07) is 14.2. The highest BCUT2D eigenvalue weighted by molar-refractivity contribution is 5.93. The molecule has 108 valence electrons. The summed E-state index contributed by atoms with van der Waals surface area (Å²) < 4.78 is 0. The van der Waals surface area contributed by atoms with Crippen molar-refractivity contribution in [3.63, 3.8) is 0 Å². The minimum atomic E-state index is -1.01. The molecule has 0 unspecified atom stereocenters. The molecule has 0 aromatic heterocycles. The van der Waals surface area contributed by atoms with Crippen LogP contribution in [0.1, 0.15) is 17.3 Å². The average Bonchev–Trinajstić information content (AvgIpc) is 2.52. The summed E-state index contributed by atoms with van der Waals surface area (Å²) in [7, 11) is 2.01. The van der Waals surface area contributed by atoms with E-state index in [1.807, 2.05) is 31.3 Å². The van der Waals surface area contributed by atoms with Crippen LogP contribution in [0.25, 0.3) is 0 Å². The van der Waals surface area contributed by atoms with Crippen LogP contribution in [-0.2, 0) is 0 Å². The molecule has 5 nitrogen and oxygen atoms in total. The second-order valence-corrected chi connectivity index (χ2v) is 4.55. The summed E-state index contributed by atoms with van der Waals surface area (Å²) in [6.07, 6.45) is 0. The molecule has 0 radical (unpaired) electrons. The van der Waals surface area contributed by atoms with Crippen molar-refractivity contribution in [2.24, 2.45) is 10.2 Å². The van der Waals surface area contributed by atoms with Crippen molar-refractivity contribution in [3.05, 3.63) is 54.1 Å². The molecular weight excluding hydrogens is 266 g/mol. The molecular formula is C16H17N3O2. The minimum Gasteiger partial charge on any atom is -0.478 e. The first-order valence-electron chi connectivity index (χ1n) is 6.67. The Morgan fingerprint density at radius 3 is 2.38 bits per heavy atom. The van der Waals surface area contributed by atoms with Gasteiger partial charge in [0.2, 0.25) is 0 Å². The lowest BCUT2D eigenvalue weighted by Gasteiger charge is -2.16. The van der Waals surface area contributed by atoms with Crippen LogP contribution in [0, 0.1) is 0 Å². The van der Waals surface area contributed by atoms with E-state index >= 15 is 0 Å². The quantitative estimate of drug-likeness (QED) is 0.834. The number of hydrogen-bond donors (Lipinski definition) is 1. The highest BCUT2D eigenvalue weighted by Crippen LogP contribution is 2.24. The molecule has 0 atom stereocenters. The number of carbonyl (C=O) groups is 1. The van der Waals surface area contributed by atoms with E-state index in [1.165, 1.54) is 6.07 Å². The Morgan fingerprint density at radius 1 is 1.10 bits per heavy atom. The average molecular weight is 283 g/mol. The molecule has 0 amide bonds. The molecule has 0 spiro atoms. The first-order valence-corrected chi connectivity index (χ1v) is 6.67. The van der Waals surface area contributed by atoms with E-state index in [1.54, 1.807) is 18.2 Å². The topological polar surface area (TPSA) is 65.3 Å². The summed E-state index contributed by atoms with van der Waals surface area (Å²) in [4.78, 5) is 13.2. The van der Waals surface area contributed by atoms with Gasteiger partial charge in [0.15, 0.2) is 0 Å². The highest BCUT2D eigenvalue weighted by Gasteiger charge is 2.07. The molecule has 5 heteroatoms. The van der Waals surface area contributed by atoms with Gasteiger partial charge in [-0.05, 0) is 43.3 Å². The van der Waals surface area contributed by atoms with Crippen LogP contribution in [0.5, 0.6) is 0 Å². The number of carboxylic acids is 1. The normalized spacial score (nSPS) is 10.8. The van der Waals surface area contributed by atoms with Crippen LogP contribution in [0.3, 0.4) is 0 Å². The molecule has 0 aliphatic heterocycles. The minimum absolute atomic E-state index is 0.142. The number of carboxylic acid groups (broad SMARTS) is 1. The zero-order chi connectivity index (χ0) is 15.2. The molecule has 0 saturated carbocycles. The van der Waals surface area contributed by atoms with E-state index < -0.39 is 5.97 Å². The Balaban J connectivity index is 2.20. The molecule has 2 rings (SSSR count). The first kappa shape index (κ1) is 14.7. The maximum Gasteiger partial charge on any atom is 0.337 e. The fraction of sp³-hybridized carbons (Fsp3) is 0.188. The van der Waals surface area contributed by atoms with Gasteiger partial charge in [-0.3, -0.25) is 0 Å². The Labute approximate surface area is 123 Å². The fourth-order valence-corrected chi connectivity index (χ4v) is 1.81. The summed E-state index contributed by atoms with van der Waals surface area (Å²) in [5.41, 5.74) is 2.27. The SMILES string of the molecule is CCN(C)c1ccc(/N=N/c2ccccc2C(=O)O)cc1. The number of rotatable bonds is 5. The summed E-state index contributed by atoms with van der Waals surface area (Å²) in [6.45, 7) is 3.00. The van der Waals surface area contributed by atoms with E-state index in [0.717, 1.165) is 12.2 Å². The third-order valence-corrected chi connectivity index (χ3v) is 3.17. The molecule has 0 heterocycles. The van der Waals surface area contributed by atoms with Crippen molar-refractivity contribution in [3.8, 4) is 0 Å². The third kappa shape index (κ3) is 3.66. The van der Waals surface area contributed by atoms with Crippen molar-refractivity contribution in [1.82, 2.24) is 0 Å². The predicted octanol–water partition coefficient (Wildman–Crippen LogP) is 4.26. The second kappa shape index (κ2) is 6.65. The molecule has 0 fully saturated rings. The third-order valence-electron chi connectivity index (χ3n) is 3.17. The standard InChI is InChI=1S/C16H17N3O2/c1-3-19(2)13-10-8-12(9-11-13)17-18-15-7-5-4-6-14(15)16(20)21/h4-11H,3H2,1-2H3,(H,20,21)/b18-17+. The monoisotopic (exact) mass is 283 g/mol. The lowest BCUT2D eigenvalue weighted by Crippen LogP contribution is -2.15. The van der Waals surface area contributed by atoms with E-state index in [-0.39, 0.29) is 5.56 Å². The van der Waals surface area contributed by atoms with Crippen LogP contribution in [-0.4, -0.2) is 24.7 Å². The maximum atomic E-state index is 11.1. The summed E-state index contributed by atoms with van der Waals surface area (Å²) >= 11 is 0. The molecule has 1 N–H and O–H groups in total. The number of aromatic carboxylic acids is 1. The predicted molar refractivity (Wildman–Crippen MR) is 83.0 cm³/mol. The Morgan fingerprint density at radius 2 is 1.76 bits per heavy atom. The summed E-state index contributed by atoms with van der Waals surface area (Å²) in [5.74, 6) is -1.01. The molecule has 2 aromatic rings. The Hall–Kier alpha value is -2.69. The van der Waals surface area contributed by atoms with Gasteiger partial charge in [0, 0.05) is 19.3 Å². The van der Waals surface area contributed by atoms with Gasteiger partial charge in [-0.2, -0.15) is 5.11 Å². The molecule has 0 bridgehead atoms. The van der Waals surface area contributed by atoms with Gasteiger partial charge in [0.25, 0.3) is 0 Å². The van der Waals surface area contributed by atoms with Crippen molar-refractivity contribution >= 4 is 23.0 Å². The van der Waals surface area contributed by atoms with Crippen molar-refractivity contribution < 1.29 is 9.90 Å². The number of benzene rings is 2. The van der Waals surface area contributed by atoms with Crippen LogP contribution in [0.2, 0.25) is 0 Å². The molecule has 0 saturated heterocycles. The van der Waals surface area contributed by atoms with Gasteiger partial charge in [0.1, 0.15) is 5.69 Å².